The van der Waals surface area contributed by atoms with Crippen molar-refractivity contribution in [3.05, 3.63) is 35.2 Å². The number of aromatic amines is 1. The number of carbonyl (C=O) groups is 2. The van der Waals surface area contributed by atoms with Gasteiger partial charge in [0.05, 0.1) is 25.9 Å². The molecule has 76 heavy (non-hydrogen) atoms. The van der Waals surface area contributed by atoms with Crippen LogP contribution in [0.25, 0.3) is 22.3 Å². The lowest BCUT2D eigenvalue weighted by molar-refractivity contribution is -0.142. The van der Waals surface area contributed by atoms with Gasteiger partial charge in [-0.3, -0.25) is 37.1 Å². The number of nitrogens with zero attached hydrogens (tertiary/aromatic N) is 7. The van der Waals surface area contributed by atoms with Crippen LogP contribution in [-0.2, 0) is 56.0 Å². The summed E-state index contributed by atoms with van der Waals surface area (Å²) in [6.45, 7) is -4.56. The van der Waals surface area contributed by atoms with Gasteiger partial charge in [0.1, 0.15) is 60.3 Å². The summed E-state index contributed by atoms with van der Waals surface area (Å²) >= 11 is 1.04. The SMILES string of the molecule is CCCCCCCCCCCC(=O)OCSP1(=O)CO[C@H]2[C@@H](F)[C@H](n3cnc4c(N)ncnc43)O[C@@H]2COP(=O)(SCOC(=O)CCCCCCCCCCC)O[C@@H]2[C@H](F)[C@@H](CO1)O[C@H]2n1cnc2c(=O)[nH]c(C)nc21. The molecule has 3 aliphatic rings. The number of nitrogens with two attached hydrogens (primary N) is 1. The number of imidazole rings is 2. The van der Waals surface area contributed by atoms with Crippen LogP contribution in [-0.4, -0.2) is 119 Å². The second-order valence-electron chi connectivity index (χ2n) is 19.2. The smallest absolute Gasteiger partial charge is 0.393 e. The minimum Gasteiger partial charge on any atom is -0.454 e. The lowest BCUT2D eigenvalue weighted by Gasteiger charge is -2.28. The molecule has 4 aromatic rings. The predicted molar refractivity (Wildman–Crippen MR) is 283 cm³/mol. The molecule has 0 aliphatic carbocycles. The third kappa shape index (κ3) is 16.5. The molecule has 3 N–H and O–H groups in total. The first kappa shape index (κ1) is 60.1. The van der Waals surface area contributed by atoms with E-state index >= 15 is 13.3 Å². The molecular formula is C48H73F2N9O13P2S2. The summed E-state index contributed by atoms with van der Waals surface area (Å²) in [7, 11) is 0. The number of aromatic nitrogens is 8. The number of alkyl halides is 2. The van der Waals surface area contributed by atoms with Crippen LogP contribution in [0.4, 0.5) is 14.6 Å². The van der Waals surface area contributed by atoms with Gasteiger partial charge in [-0.1, -0.05) is 117 Å². The molecule has 0 aromatic carbocycles. The first-order chi connectivity index (χ1) is 36.7. The molecule has 28 heteroatoms. The van der Waals surface area contributed by atoms with E-state index in [1.54, 1.807) is 0 Å². The van der Waals surface area contributed by atoms with Crippen molar-refractivity contribution in [1.29, 1.82) is 0 Å². The first-order valence-corrected chi connectivity index (χ1v) is 33.1. The van der Waals surface area contributed by atoms with Gasteiger partial charge in [0.25, 0.3) is 12.1 Å². The molecule has 3 fully saturated rings. The Bertz CT molecular complexity index is 2660. The summed E-state index contributed by atoms with van der Waals surface area (Å²) < 4.78 is 114. The maximum Gasteiger partial charge on any atom is 0.393 e. The second kappa shape index (κ2) is 29.6. The van der Waals surface area contributed by atoms with Gasteiger partial charge in [-0.15, -0.1) is 0 Å². The van der Waals surface area contributed by atoms with Gasteiger partial charge in [-0.05, 0) is 31.1 Å². The number of rotatable bonds is 28. The fourth-order valence-corrected chi connectivity index (χ4v) is 14.8. The van der Waals surface area contributed by atoms with Crippen molar-refractivity contribution in [2.24, 2.45) is 0 Å². The predicted octanol–water partition coefficient (Wildman–Crippen LogP) is 10.7. The number of hydrogen-bond donors (Lipinski definition) is 2. The molecule has 0 saturated carbocycles. The topological polar surface area (TPSA) is 275 Å². The Morgan fingerprint density at radius 1 is 0.711 bits per heavy atom. The minimum absolute atomic E-state index is 0.0208. The normalized spacial score (nSPS) is 27.2. The van der Waals surface area contributed by atoms with Crippen molar-refractivity contribution >= 4 is 76.2 Å². The van der Waals surface area contributed by atoms with Crippen LogP contribution in [0.5, 0.6) is 0 Å². The van der Waals surface area contributed by atoms with E-state index in [-0.39, 0.29) is 46.8 Å². The van der Waals surface area contributed by atoms with Gasteiger partial charge >= 0.3 is 18.7 Å². The average molecular weight is 1150 g/mol. The number of unbranched alkanes of at least 4 members (excludes halogenated alkanes) is 16. The number of aryl methyl sites for hydroxylation is 1. The van der Waals surface area contributed by atoms with Crippen molar-refractivity contribution in [3.63, 3.8) is 0 Å². The van der Waals surface area contributed by atoms with Crippen LogP contribution in [0.1, 0.15) is 161 Å². The largest absolute Gasteiger partial charge is 0.454 e. The summed E-state index contributed by atoms with van der Waals surface area (Å²) in [5, 5.41) is 0. The lowest BCUT2D eigenvalue weighted by Crippen LogP contribution is -2.36. The van der Waals surface area contributed by atoms with Gasteiger partial charge in [0.2, 0.25) is 0 Å². The third-order valence-electron chi connectivity index (χ3n) is 13.4. The Kier molecular flexibility index (Phi) is 23.4. The Morgan fingerprint density at radius 2 is 1.26 bits per heavy atom. The molecule has 10 atom stereocenters. The number of esters is 2. The third-order valence-corrected chi connectivity index (χ3v) is 20.5. The number of nitrogens with one attached hydrogen (secondary N) is 1. The Hall–Kier alpha value is -3.58. The standard InChI is InChI=1S/C48H73F2N9O13P2S2/c1-4-6-8-10-12-14-16-18-20-22-35(60)66-30-75-73(63)29-65-41-34(71-47(38(41)50)58-27-54-39-43(51)52-26-53-44(39)58)25-69-74(64,76-31-67-36(61)23-21-19-17-15-13-11-9-7-5-2)72-42-37(49)33(24-68-73)70-48(42)59-28-55-40-45(59)56-32(3)57-46(40)62/h26-28,33-34,37-38,41-42,47-48H,4-25,29-31H2,1-3H3,(H2,51,52,53)(H,56,57,62)/t33-,34-,37-,38-,41-,42-,47-,48-,73?,74?/m1/s1. The molecule has 3 saturated heterocycles. The number of carbonyl (C=O) groups excluding carboxylic acids is 2. The molecule has 2 unspecified atom stereocenters. The first-order valence-electron chi connectivity index (χ1n) is 26.6. The molecule has 22 nitrogen and oxygen atoms in total. The Balaban J connectivity index is 1.11. The fourth-order valence-electron chi connectivity index (χ4n) is 9.22. The molecule has 0 amide bonds. The van der Waals surface area contributed by atoms with E-state index in [0.29, 0.717) is 35.6 Å². The molecule has 424 valence electrons. The van der Waals surface area contributed by atoms with E-state index in [9.17, 15) is 18.9 Å². The summed E-state index contributed by atoms with van der Waals surface area (Å²) in [5.41, 5.74) is 5.57. The molecular weight excluding hydrogens is 1070 g/mol. The van der Waals surface area contributed by atoms with E-state index < -0.39 is 112 Å². The van der Waals surface area contributed by atoms with Gasteiger partial charge in [-0.25, -0.2) is 38.3 Å². The highest BCUT2D eigenvalue weighted by atomic mass is 32.7. The van der Waals surface area contributed by atoms with Crippen molar-refractivity contribution in [2.75, 3.05) is 37.2 Å². The number of anilines is 1. The quantitative estimate of drug-likeness (QED) is 0.0231. The number of fused-ring (bicyclic) bond motifs is 5. The van der Waals surface area contributed by atoms with E-state index in [1.165, 1.54) is 86.4 Å². The molecule has 7 rings (SSSR count). The summed E-state index contributed by atoms with van der Waals surface area (Å²) in [4.78, 5) is 62.3. The van der Waals surface area contributed by atoms with Crippen molar-refractivity contribution in [1.82, 2.24) is 39.0 Å². The van der Waals surface area contributed by atoms with Crippen LogP contribution in [0, 0.1) is 6.92 Å². The lowest BCUT2D eigenvalue weighted by atomic mass is 10.1. The zero-order chi connectivity index (χ0) is 54.1. The zero-order valence-electron chi connectivity index (χ0n) is 43.5. The number of ether oxygens (including phenoxy) is 5. The number of nitrogen functional groups attached to an aromatic ring is 1. The number of halogens is 2. The monoisotopic (exact) mass is 1150 g/mol. The molecule has 3 aliphatic heterocycles. The molecule has 2 bridgehead atoms. The van der Waals surface area contributed by atoms with Crippen LogP contribution in [0.2, 0.25) is 0 Å². The van der Waals surface area contributed by atoms with E-state index in [1.807, 2.05) is 0 Å². The van der Waals surface area contributed by atoms with Gasteiger partial charge in [0.15, 0.2) is 47.4 Å². The Labute approximate surface area is 449 Å². The molecule has 7 heterocycles. The highest BCUT2D eigenvalue weighted by Gasteiger charge is 2.54. The highest BCUT2D eigenvalue weighted by Crippen LogP contribution is 2.65. The fraction of sp³-hybridized carbons (Fsp3) is 0.750. The van der Waals surface area contributed by atoms with Gasteiger partial charge < -0.3 is 38.9 Å². The summed E-state index contributed by atoms with van der Waals surface area (Å²) in [5.74, 6) is -1.86. The second-order valence-corrected chi connectivity index (χ2v) is 27.9. The average Bonchev–Trinajstić information content (AvgIpc) is 4.19. The maximum atomic E-state index is 17.2. The molecule has 0 spiro atoms. The number of hydrogen-bond acceptors (Lipinski definition) is 21. The van der Waals surface area contributed by atoms with E-state index in [4.69, 9.17) is 43.0 Å². The summed E-state index contributed by atoms with van der Waals surface area (Å²) in [6.07, 6.45) is 8.07. The Morgan fingerprint density at radius 3 is 1.89 bits per heavy atom. The maximum absolute atomic E-state index is 17.2. The minimum atomic E-state index is -4.73. The van der Waals surface area contributed by atoms with Crippen molar-refractivity contribution < 1.29 is 64.8 Å². The van der Waals surface area contributed by atoms with E-state index in [0.717, 1.165) is 51.4 Å². The van der Waals surface area contributed by atoms with Gasteiger partial charge in [-0.2, -0.15) is 0 Å². The van der Waals surface area contributed by atoms with Crippen LogP contribution in [0.15, 0.2) is 23.8 Å². The van der Waals surface area contributed by atoms with Gasteiger partial charge in [0, 0.05) is 24.2 Å². The van der Waals surface area contributed by atoms with Crippen LogP contribution >= 0.6 is 36.1 Å². The van der Waals surface area contributed by atoms with E-state index in [2.05, 4.69) is 43.8 Å². The zero-order valence-corrected chi connectivity index (χ0v) is 46.9. The molecule has 0 radical (unpaired) electrons. The summed E-state index contributed by atoms with van der Waals surface area (Å²) in [6, 6.07) is 0. The van der Waals surface area contributed by atoms with Crippen molar-refractivity contribution in [2.45, 2.75) is 198 Å². The number of H-pyrrole nitrogens is 1. The molecule has 4 aromatic heterocycles. The van der Waals surface area contributed by atoms with Crippen LogP contribution in [0.3, 0.4) is 0 Å². The van der Waals surface area contributed by atoms with Crippen molar-refractivity contribution in [3.8, 4) is 0 Å². The van der Waals surface area contributed by atoms with Crippen LogP contribution < -0.4 is 11.3 Å². The highest BCUT2D eigenvalue weighted by molar-refractivity contribution is 8.56.